The van der Waals surface area contributed by atoms with E-state index in [2.05, 4.69) is 14.2 Å². The Morgan fingerprint density at radius 3 is 2.81 bits per heavy atom. The molecule has 2 fully saturated rings. The number of methoxy groups -OCH3 is 1. The number of likely N-dealkylation sites (tertiary alicyclic amines) is 1. The number of nitrogens with zero attached hydrogens (tertiary/aromatic N) is 3. The minimum absolute atomic E-state index is 0.281. The summed E-state index contributed by atoms with van der Waals surface area (Å²) in [7, 11) is 1.38. The quantitative estimate of drug-likeness (QED) is 0.855. The summed E-state index contributed by atoms with van der Waals surface area (Å²) in [6.07, 6.45) is 5.10. The maximum atomic E-state index is 11.9. The van der Waals surface area contributed by atoms with Crippen LogP contribution in [0.2, 0.25) is 0 Å². The first-order chi connectivity index (χ1) is 10.2. The van der Waals surface area contributed by atoms with Crippen LogP contribution in [-0.4, -0.2) is 54.6 Å². The molecule has 3 heterocycles. The Hall–Kier alpha value is -1.34. The topological polar surface area (TPSA) is 71.7 Å². The fourth-order valence-corrected chi connectivity index (χ4v) is 4.15. The lowest BCUT2D eigenvalue weighted by molar-refractivity contribution is 0.0603. The van der Waals surface area contributed by atoms with Crippen LogP contribution in [0.1, 0.15) is 36.0 Å². The number of anilines is 2. The van der Waals surface area contributed by atoms with Crippen LogP contribution in [0, 0.1) is 0 Å². The first-order valence-electron chi connectivity index (χ1n) is 7.53. The predicted octanol–water partition coefficient (Wildman–Crippen LogP) is 1.58. The summed E-state index contributed by atoms with van der Waals surface area (Å²) in [5.41, 5.74) is 6.26. The van der Waals surface area contributed by atoms with Crippen molar-refractivity contribution in [1.29, 1.82) is 0 Å². The van der Waals surface area contributed by atoms with E-state index in [1.165, 1.54) is 51.0 Å². The van der Waals surface area contributed by atoms with Crippen LogP contribution in [0.15, 0.2) is 0 Å². The zero-order valence-electron chi connectivity index (χ0n) is 12.4. The molecule has 2 aliphatic heterocycles. The largest absolute Gasteiger partial charge is 0.465 e. The van der Waals surface area contributed by atoms with Crippen molar-refractivity contribution < 1.29 is 9.53 Å². The number of hydrogen-bond donors (Lipinski definition) is 1. The van der Waals surface area contributed by atoms with Crippen molar-refractivity contribution in [2.75, 3.05) is 43.9 Å². The third-order valence-corrected chi connectivity index (χ3v) is 5.37. The summed E-state index contributed by atoms with van der Waals surface area (Å²) in [6.45, 7) is 4.30. The number of carbonyl (C=O) groups excluding carboxylic acids is 1. The van der Waals surface area contributed by atoms with Crippen LogP contribution >= 0.6 is 11.5 Å². The summed E-state index contributed by atoms with van der Waals surface area (Å²) >= 11 is 1.30. The van der Waals surface area contributed by atoms with Crippen molar-refractivity contribution in [2.24, 2.45) is 0 Å². The van der Waals surface area contributed by atoms with E-state index in [4.69, 9.17) is 10.5 Å². The molecule has 7 heteroatoms. The lowest BCUT2D eigenvalue weighted by Crippen LogP contribution is -2.40. The molecule has 0 radical (unpaired) electrons. The Labute approximate surface area is 129 Å². The van der Waals surface area contributed by atoms with E-state index in [1.807, 2.05) is 0 Å². The molecule has 0 bridgehead atoms. The van der Waals surface area contributed by atoms with Gasteiger partial charge in [-0.05, 0) is 43.9 Å². The van der Waals surface area contributed by atoms with Gasteiger partial charge in [0, 0.05) is 19.1 Å². The fourth-order valence-electron chi connectivity index (χ4n) is 3.31. The van der Waals surface area contributed by atoms with E-state index < -0.39 is 5.97 Å². The van der Waals surface area contributed by atoms with E-state index in [1.54, 1.807) is 0 Å². The number of ether oxygens (including phenoxy) is 1. The number of nitrogens with two attached hydrogens (primary N) is 1. The van der Waals surface area contributed by atoms with Gasteiger partial charge in [0.2, 0.25) is 0 Å². The SMILES string of the molecule is COC(=O)c1c(N)nsc1N1CCC(N2CCCCC2)C1. The smallest absolute Gasteiger partial charge is 0.344 e. The van der Waals surface area contributed by atoms with Crippen molar-refractivity contribution in [3.05, 3.63) is 5.56 Å². The molecule has 0 amide bonds. The fraction of sp³-hybridized carbons (Fsp3) is 0.714. The van der Waals surface area contributed by atoms with Gasteiger partial charge in [0.15, 0.2) is 5.82 Å². The Bertz CT molecular complexity index is 513. The number of carbonyl (C=O) groups is 1. The van der Waals surface area contributed by atoms with Gasteiger partial charge in [-0.3, -0.25) is 4.90 Å². The third-order valence-electron chi connectivity index (χ3n) is 4.45. The molecule has 1 atom stereocenters. The number of esters is 1. The Kier molecular flexibility index (Phi) is 4.30. The van der Waals surface area contributed by atoms with Crippen molar-refractivity contribution in [1.82, 2.24) is 9.27 Å². The molecule has 0 saturated carbocycles. The van der Waals surface area contributed by atoms with E-state index in [0.29, 0.717) is 11.6 Å². The zero-order valence-corrected chi connectivity index (χ0v) is 13.2. The van der Waals surface area contributed by atoms with E-state index in [-0.39, 0.29) is 5.82 Å². The number of rotatable bonds is 3. The van der Waals surface area contributed by atoms with Gasteiger partial charge >= 0.3 is 5.97 Å². The molecule has 0 aromatic carbocycles. The maximum absolute atomic E-state index is 11.9. The van der Waals surface area contributed by atoms with Crippen molar-refractivity contribution >= 4 is 28.3 Å². The summed E-state index contributed by atoms with van der Waals surface area (Å²) in [5.74, 6) is -0.110. The highest BCUT2D eigenvalue weighted by molar-refractivity contribution is 7.11. The van der Waals surface area contributed by atoms with Gasteiger partial charge < -0.3 is 15.4 Å². The summed E-state index contributed by atoms with van der Waals surface area (Å²) in [5, 5.41) is 0.860. The first-order valence-corrected chi connectivity index (χ1v) is 8.30. The van der Waals surface area contributed by atoms with Gasteiger partial charge in [-0.25, -0.2) is 4.79 Å². The highest BCUT2D eigenvalue weighted by Gasteiger charge is 2.32. The molecule has 1 aromatic rings. The third kappa shape index (κ3) is 2.85. The van der Waals surface area contributed by atoms with Crippen LogP contribution in [0.25, 0.3) is 0 Å². The second-order valence-electron chi connectivity index (χ2n) is 5.72. The number of hydrogen-bond acceptors (Lipinski definition) is 7. The van der Waals surface area contributed by atoms with Gasteiger partial charge in [0.25, 0.3) is 0 Å². The molecule has 2 aliphatic rings. The molecule has 2 saturated heterocycles. The molecule has 2 N–H and O–H groups in total. The van der Waals surface area contributed by atoms with Crippen LogP contribution in [0.4, 0.5) is 10.8 Å². The zero-order chi connectivity index (χ0) is 14.8. The van der Waals surface area contributed by atoms with Crippen LogP contribution in [0.3, 0.4) is 0 Å². The molecule has 0 aliphatic carbocycles. The second kappa shape index (κ2) is 6.19. The normalized spacial score (nSPS) is 23.5. The van der Waals surface area contributed by atoms with Gasteiger partial charge in [0.05, 0.1) is 7.11 Å². The first kappa shape index (κ1) is 14.6. The maximum Gasteiger partial charge on any atom is 0.344 e. The molecular formula is C14H22N4O2S. The number of piperidine rings is 1. The molecular weight excluding hydrogens is 288 g/mol. The van der Waals surface area contributed by atoms with Gasteiger partial charge in [-0.15, -0.1) is 0 Å². The molecule has 116 valence electrons. The predicted molar refractivity (Wildman–Crippen MR) is 83.9 cm³/mol. The average molecular weight is 310 g/mol. The van der Waals surface area contributed by atoms with Gasteiger partial charge in [-0.2, -0.15) is 4.37 Å². The Morgan fingerprint density at radius 2 is 2.10 bits per heavy atom. The lowest BCUT2D eigenvalue weighted by Gasteiger charge is -2.32. The summed E-state index contributed by atoms with van der Waals surface area (Å²) in [4.78, 5) is 16.7. The molecule has 1 aromatic heterocycles. The van der Waals surface area contributed by atoms with Gasteiger partial charge in [0.1, 0.15) is 10.6 Å². The monoisotopic (exact) mass is 310 g/mol. The minimum atomic E-state index is -0.391. The number of aromatic nitrogens is 1. The minimum Gasteiger partial charge on any atom is -0.465 e. The standard InChI is InChI=1S/C14H22N4O2S/c1-20-14(19)11-12(15)16-21-13(11)18-8-5-10(9-18)17-6-3-2-4-7-17/h10H,2-9H2,1H3,(H2,15,16). The molecule has 0 spiro atoms. The lowest BCUT2D eigenvalue weighted by atomic mass is 10.1. The molecule has 21 heavy (non-hydrogen) atoms. The average Bonchev–Trinajstić information content (AvgIpc) is 3.14. The molecule has 3 rings (SSSR count). The Morgan fingerprint density at radius 1 is 1.33 bits per heavy atom. The van der Waals surface area contributed by atoms with Crippen LogP contribution in [-0.2, 0) is 4.74 Å². The summed E-state index contributed by atoms with van der Waals surface area (Å²) in [6, 6.07) is 0.583. The number of nitrogen functional groups attached to an aromatic ring is 1. The molecule has 6 nitrogen and oxygen atoms in total. The van der Waals surface area contributed by atoms with Crippen molar-refractivity contribution in [2.45, 2.75) is 31.7 Å². The Balaban J connectivity index is 1.72. The van der Waals surface area contributed by atoms with Crippen LogP contribution < -0.4 is 10.6 Å². The van der Waals surface area contributed by atoms with E-state index in [9.17, 15) is 4.79 Å². The van der Waals surface area contributed by atoms with E-state index in [0.717, 1.165) is 24.5 Å². The second-order valence-corrected chi connectivity index (χ2v) is 6.48. The highest BCUT2D eigenvalue weighted by Crippen LogP contribution is 2.34. The highest BCUT2D eigenvalue weighted by atomic mass is 32.1. The van der Waals surface area contributed by atoms with Crippen molar-refractivity contribution in [3.8, 4) is 0 Å². The van der Waals surface area contributed by atoms with E-state index >= 15 is 0 Å². The summed E-state index contributed by atoms with van der Waals surface area (Å²) < 4.78 is 8.96. The molecule has 1 unspecified atom stereocenters. The van der Waals surface area contributed by atoms with Crippen molar-refractivity contribution in [3.63, 3.8) is 0 Å². The van der Waals surface area contributed by atoms with Gasteiger partial charge in [-0.1, -0.05) is 6.42 Å². The van der Waals surface area contributed by atoms with Crippen LogP contribution in [0.5, 0.6) is 0 Å².